The molecule has 1 aliphatic heterocycles. The first-order chi connectivity index (χ1) is 8.67. The fourth-order valence-corrected chi connectivity index (χ4v) is 1.86. The highest BCUT2D eigenvalue weighted by Crippen LogP contribution is 2.16. The summed E-state index contributed by atoms with van der Waals surface area (Å²) < 4.78 is 9.70. The number of hydrogen-bond acceptors (Lipinski definition) is 5. The van der Waals surface area contributed by atoms with Gasteiger partial charge in [-0.1, -0.05) is 13.3 Å². The van der Waals surface area contributed by atoms with Gasteiger partial charge in [-0.15, -0.1) is 0 Å². The molecule has 6 heteroatoms. The van der Waals surface area contributed by atoms with Crippen molar-refractivity contribution in [3.63, 3.8) is 0 Å². The van der Waals surface area contributed by atoms with E-state index in [4.69, 9.17) is 9.47 Å². The number of methoxy groups -OCH3 is 1. The van der Waals surface area contributed by atoms with Crippen molar-refractivity contribution in [3.05, 3.63) is 0 Å². The first-order valence-electron chi connectivity index (χ1n) is 6.43. The molecule has 104 valence electrons. The number of nitrogens with zero attached hydrogens (tertiary/aromatic N) is 1. The van der Waals surface area contributed by atoms with Crippen LogP contribution < -0.4 is 5.43 Å². The van der Waals surface area contributed by atoms with Crippen LogP contribution in [-0.2, 0) is 14.3 Å². The third-order valence-corrected chi connectivity index (χ3v) is 3.01. The number of nitrogens with one attached hydrogen (secondary N) is 1. The summed E-state index contributed by atoms with van der Waals surface area (Å²) in [5.74, 6) is -0.218. The predicted molar refractivity (Wildman–Crippen MR) is 65.7 cm³/mol. The number of ether oxygens (including phenoxy) is 2. The summed E-state index contributed by atoms with van der Waals surface area (Å²) in [6.07, 6.45) is 2.85. The van der Waals surface area contributed by atoms with Crippen LogP contribution in [0.15, 0.2) is 0 Å². The van der Waals surface area contributed by atoms with Gasteiger partial charge in [-0.05, 0) is 19.3 Å². The lowest BCUT2D eigenvalue weighted by Gasteiger charge is -2.30. The van der Waals surface area contributed by atoms with Gasteiger partial charge in [0.05, 0.1) is 19.6 Å². The maximum Gasteiger partial charge on any atom is 0.421 e. The maximum absolute atomic E-state index is 11.4. The van der Waals surface area contributed by atoms with Gasteiger partial charge in [-0.25, -0.2) is 9.80 Å². The number of unbranched alkanes of at least 4 members (excludes halogenated alkanes) is 1. The van der Waals surface area contributed by atoms with Crippen molar-refractivity contribution in [1.29, 1.82) is 0 Å². The molecule has 1 amide bonds. The molecule has 0 atom stereocenters. The van der Waals surface area contributed by atoms with Crippen molar-refractivity contribution in [1.82, 2.24) is 10.4 Å². The van der Waals surface area contributed by atoms with E-state index in [9.17, 15) is 9.59 Å². The molecule has 1 aliphatic rings. The second-order valence-electron chi connectivity index (χ2n) is 4.39. The second kappa shape index (κ2) is 7.92. The molecule has 0 bridgehead atoms. The Balaban J connectivity index is 2.18. The summed E-state index contributed by atoms with van der Waals surface area (Å²) in [4.78, 5) is 22.7. The molecule has 1 fully saturated rings. The lowest BCUT2D eigenvalue weighted by Crippen LogP contribution is -2.47. The van der Waals surface area contributed by atoms with Crippen LogP contribution in [0.2, 0.25) is 0 Å². The highest BCUT2D eigenvalue weighted by Gasteiger charge is 2.26. The van der Waals surface area contributed by atoms with E-state index >= 15 is 0 Å². The van der Waals surface area contributed by atoms with Gasteiger partial charge in [-0.3, -0.25) is 10.2 Å². The molecule has 0 saturated carbocycles. The average molecular weight is 258 g/mol. The van der Waals surface area contributed by atoms with Gasteiger partial charge in [0.15, 0.2) is 0 Å². The molecule has 1 saturated heterocycles. The molecule has 0 aromatic rings. The number of piperidine rings is 1. The number of hydrazine groups is 1. The third kappa shape index (κ3) is 4.91. The zero-order chi connectivity index (χ0) is 13.4. The van der Waals surface area contributed by atoms with E-state index in [1.807, 2.05) is 6.92 Å². The fraction of sp³-hybridized carbons (Fsp3) is 0.833. The topological polar surface area (TPSA) is 67.9 Å². The van der Waals surface area contributed by atoms with E-state index < -0.39 is 6.09 Å². The van der Waals surface area contributed by atoms with Crippen LogP contribution in [0.1, 0.15) is 32.6 Å². The number of rotatable bonds is 5. The summed E-state index contributed by atoms with van der Waals surface area (Å²) >= 11 is 0. The van der Waals surface area contributed by atoms with Crippen molar-refractivity contribution in [3.8, 4) is 0 Å². The number of hydrogen-bond donors (Lipinski definition) is 1. The first kappa shape index (κ1) is 14.8. The van der Waals surface area contributed by atoms with E-state index in [1.54, 1.807) is 5.01 Å². The SMILES string of the molecule is CCCCOC(=O)NN1CCC(C(=O)OC)CC1. The normalized spacial score (nSPS) is 17.2. The van der Waals surface area contributed by atoms with Crippen molar-refractivity contribution in [2.24, 2.45) is 5.92 Å². The Kier molecular flexibility index (Phi) is 6.49. The molecule has 0 aliphatic carbocycles. The average Bonchev–Trinajstić information content (AvgIpc) is 2.39. The van der Waals surface area contributed by atoms with E-state index in [1.165, 1.54) is 7.11 Å². The molecule has 0 radical (unpaired) electrons. The molecular formula is C12H22N2O4. The van der Waals surface area contributed by atoms with Crippen molar-refractivity contribution < 1.29 is 19.1 Å². The summed E-state index contributed by atoms with van der Waals surface area (Å²) in [5.41, 5.74) is 2.68. The Morgan fingerprint density at radius 1 is 1.33 bits per heavy atom. The lowest BCUT2D eigenvalue weighted by atomic mass is 9.98. The number of amides is 1. The van der Waals surface area contributed by atoms with Crippen LogP contribution in [0.4, 0.5) is 4.79 Å². The van der Waals surface area contributed by atoms with Crippen LogP contribution in [0.25, 0.3) is 0 Å². The Bertz CT molecular complexity index is 275. The van der Waals surface area contributed by atoms with Crippen LogP contribution in [-0.4, -0.2) is 43.9 Å². The molecule has 6 nitrogen and oxygen atoms in total. The Morgan fingerprint density at radius 2 is 2.00 bits per heavy atom. The predicted octanol–water partition coefficient (Wildman–Crippen LogP) is 1.31. The summed E-state index contributed by atoms with van der Waals surface area (Å²) in [6.45, 7) is 3.77. The zero-order valence-corrected chi connectivity index (χ0v) is 11.1. The van der Waals surface area contributed by atoms with Gasteiger partial charge in [0, 0.05) is 13.1 Å². The molecule has 1 heterocycles. The molecule has 1 N–H and O–H groups in total. The largest absolute Gasteiger partial charge is 0.469 e. The maximum atomic E-state index is 11.4. The zero-order valence-electron chi connectivity index (χ0n) is 11.1. The highest BCUT2D eigenvalue weighted by atomic mass is 16.6. The van der Waals surface area contributed by atoms with Crippen molar-refractivity contribution in [2.45, 2.75) is 32.6 Å². The first-order valence-corrected chi connectivity index (χ1v) is 6.43. The monoisotopic (exact) mass is 258 g/mol. The minimum atomic E-state index is -0.417. The minimum Gasteiger partial charge on any atom is -0.469 e. The van der Waals surface area contributed by atoms with Crippen LogP contribution in [0.5, 0.6) is 0 Å². The standard InChI is InChI=1S/C12H22N2O4/c1-3-4-9-18-12(16)13-14-7-5-10(6-8-14)11(15)17-2/h10H,3-9H2,1-2H3,(H,13,16). The molecule has 0 aromatic heterocycles. The number of esters is 1. The van der Waals surface area contributed by atoms with Gasteiger partial charge < -0.3 is 9.47 Å². The molecular weight excluding hydrogens is 236 g/mol. The minimum absolute atomic E-state index is 0.0517. The summed E-state index contributed by atoms with van der Waals surface area (Å²) in [7, 11) is 1.40. The van der Waals surface area contributed by atoms with Gasteiger partial charge in [0.1, 0.15) is 0 Å². The smallest absolute Gasteiger partial charge is 0.421 e. The summed E-state index contributed by atoms with van der Waals surface area (Å²) in [6, 6.07) is 0. The third-order valence-electron chi connectivity index (χ3n) is 3.01. The van der Waals surface area contributed by atoms with Gasteiger partial charge in [0.25, 0.3) is 0 Å². The fourth-order valence-electron chi connectivity index (χ4n) is 1.86. The van der Waals surface area contributed by atoms with Crippen LogP contribution in [0, 0.1) is 5.92 Å². The second-order valence-corrected chi connectivity index (χ2v) is 4.39. The van der Waals surface area contributed by atoms with Gasteiger partial charge in [-0.2, -0.15) is 0 Å². The molecule has 1 rings (SSSR count). The Labute approximate surface area is 108 Å². The van der Waals surface area contributed by atoms with Crippen molar-refractivity contribution in [2.75, 3.05) is 26.8 Å². The van der Waals surface area contributed by atoms with Gasteiger partial charge >= 0.3 is 12.1 Å². The number of carbonyl (C=O) groups is 2. The van der Waals surface area contributed by atoms with E-state index in [0.29, 0.717) is 32.5 Å². The Hall–Kier alpha value is -1.30. The highest BCUT2D eigenvalue weighted by molar-refractivity contribution is 5.72. The van der Waals surface area contributed by atoms with E-state index in [0.717, 1.165) is 12.8 Å². The molecule has 0 spiro atoms. The van der Waals surface area contributed by atoms with Gasteiger partial charge in [0.2, 0.25) is 0 Å². The quantitative estimate of drug-likeness (QED) is 0.595. The van der Waals surface area contributed by atoms with E-state index in [-0.39, 0.29) is 11.9 Å². The molecule has 18 heavy (non-hydrogen) atoms. The van der Waals surface area contributed by atoms with Crippen LogP contribution in [0.3, 0.4) is 0 Å². The van der Waals surface area contributed by atoms with Crippen molar-refractivity contribution >= 4 is 12.1 Å². The molecule has 0 unspecified atom stereocenters. The van der Waals surface area contributed by atoms with Crippen LogP contribution >= 0.6 is 0 Å². The Morgan fingerprint density at radius 3 is 2.56 bits per heavy atom. The summed E-state index contributed by atoms with van der Waals surface area (Å²) in [5, 5.41) is 1.79. The molecule has 0 aromatic carbocycles. The lowest BCUT2D eigenvalue weighted by molar-refractivity contribution is -0.147. The van der Waals surface area contributed by atoms with E-state index in [2.05, 4.69) is 5.43 Å². The number of carbonyl (C=O) groups excluding carboxylic acids is 2.